The number of hydrogen-bond donors (Lipinski definition) is 1. The molecule has 1 unspecified atom stereocenters. The van der Waals surface area contributed by atoms with Gasteiger partial charge in [-0.25, -0.2) is 0 Å². The summed E-state index contributed by atoms with van der Waals surface area (Å²) >= 11 is 0. The van der Waals surface area contributed by atoms with E-state index < -0.39 is 0 Å². The van der Waals surface area contributed by atoms with Gasteiger partial charge in [0.25, 0.3) is 0 Å². The van der Waals surface area contributed by atoms with Crippen molar-refractivity contribution in [2.45, 2.75) is 38.6 Å². The molecule has 0 aromatic rings. The fourth-order valence-corrected chi connectivity index (χ4v) is 2.41. The van der Waals surface area contributed by atoms with Crippen LogP contribution in [0.3, 0.4) is 0 Å². The molecular weight excluding hydrogens is 200 g/mol. The fraction of sp³-hybridized carbons (Fsp3) is 1.00. The van der Waals surface area contributed by atoms with Crippen molar-refractivity contribution in [1.82, 2.24) is 9.80 Å². The molecule has 0 aromatic heterocycles. The van der Waals surface area contributed by atoms with Crippen LogP contribution >= 0.6 is 0 Å². The molecule has 1 saturated heterocycles. The van der Waals surface area contributed by atoms with E-state index in [2.05, 4.69) is 37.7 Å². The van der Waals surface area contributed by atoms with Gasteiger partial charge in [-0.2, -0.15) is 0 Å². The maximum Gasteiger partial charge on any atom is 0.0448 e. The van der Waals surface area contributed by atoms with Crippen LogP contribution in [0.25, 0.3) is 0 Å². The van der Waals surface area contributed by atoms with Gasteiger partial charge >= 0.3 is 0 Å². The fourth-order valence-electron chi connectivity index (χ4n) is 2.41. The van der Waals surface area contributed by atoms with Crippen LogP contribution < -0.4 is 0 Å². The van der Waals surface area contributed by atoms with E-state index in [1.165, 1.54) is 25.9 Å². The van der Waals surface area contributed by atoms with E-state index in [9.17, 15) is 0 Å². The van der Waals surface area contributed by atoms with Gasteiger partial charge in [-0.15, -0.1) is 0 Å². The molecule has 0 bridgehead atoms. The minimum Gasteiger partial charge on any atom is -0.396 e. The molecule has 16 heavy (non-hydrogen) atoms. The SMILES string of the molecule is CN1CCC(CCN(C)C(C)(C)CCO)C1. The molecule has 0 spiro atoms. The summed E-state index contributed by atoms with van der Waals surface area (Å²) in [7, 11) is 4.38. The van der Waals surface area contributed by atoms with Gasteiger partial charge in [0.15, 0.2) is 0 Å². The van der Waals surface area contributed by atoms with Gasteiger partial charge < -0.3 is 14.9 Å². The first-order chi connectivity index (χ1) is 7.45. The molecule has 1 rings (SSSR count). The van der Waals surface area contributed by atoms with Crippen molar-refractivity contribution in [3.05, 3.63) is 0 Å². The Morgan fingerprint density at radius 3 is 2.62 bits per heavy atom. The lowest BCUT2D eigenvalue weighted by molar-refractivity contribution is 0.110. The van der Waals surface area contributed by atoms with Crippen molar-refractivity contribution in [3.63, 3.8) is 0 Å². The molecule has 1 aliphatic heterocycles. The zero-order chi connectivity index (χ0) is 12.2. The average Bonchev–Trinajstić information content (AvgIpc) is 2.60. The number of nitrogens with zero attached hydrogens (tertiary/aromatic N) is 2. The van der Waals surface area contributed by atoms with Crippen molar-refractivity contribution in [2.24, 2.45) is 5.92 Å². The lowest BCUT2D eigenvalue weighted by Crippen LogP contribution is -2.42. The summed E-state index contributed by atoms with van der Waals surface area (Å²) in [5, 5.41) is 9.03. The molecular formula is C13H28N2O. The van der Waals surface area contributed by atoms with Gasteiger partial charge in [0.1, 0.15) is 0 Å². The van der Waals surface area contributed by atoms with Gasteiger partial charge in [-0.1, -0.05) is 0 Å². The quantitative estimate of drug-likeness (QED) is 0.745. The van der Waals surface area contributed by atoms with E-state index in [0.717, 1.165) is 18.9 Å². The Balaban J connectivity index is 2.26. The number of hydrogen-bond acceptors (Lipinski definition) is 3. The largest absolute Gasteiger partial charge is 0.396 e. The third-order valence-electron chi connectivity index (χ3n) is 4.12. The van der Waals surface area contributed by atoms with E-state index in [1.54, 1.807) is 0 Å². The normalized spacial score (nSPS) is 23.2. The molecule has 0 amide bonds. The van der Waals surface area contributed by atoms with Crippen molar-refractivity contribution in [2.75, 3.05) is 40.3 Å². The topological polar surface area (TPSA) is 26.7 Å². The minimum atomic E-state index is 0.124. The predicted molar refractivity (Wildman–Crippen MR) is 68.6 cm³/mol. The summed E-state index contributed by atoms with van der Waals surface area (Å²) in [6.45, 7) is 8.37. The van der Waals surface area contributed by atoms with Crippen LogP contribution in [0.2, 0.25) is 0 Å². The average molecular weight is 228 g/mol. The van der Waals surface area contributed by atoms with Crippen molar-refractivity contribution in [1.29, 1.82) is 0 Å². The molecule has 3 heteroatoms. The summed E-state index contributed by atoms with van der Waals surface area (Å²) in [6, 6.07) is 0. The first kappa shape index (κ1) is 13.9. The molecule has 0 radical (unpaired) electrons. The van der Waals surface area contributed by atoms with Crippen molar-refractivity contribution < 1.29 is 5.11 Å². The molecule has 0 saturated carbocycles. The number of likely N-dealkylation sites (tertiary alicyclic amines) is 1. The zero-order valence-corrected chi connectivity index (χ0v) is 11.4. The molecule has 1 aliphatic rings. The second-order valence-corrected chi connectivity index (χ2v) is 5.91. The van der Waals surface area contributed by atoms with E-state index in [1.807, 2.05) is 0 Å². The monoisotopic (exact) mass is 228 g/mol. The zero-order valence-electron chi connectivity index (χ0n) is 11.4. The third kappa shape index (κ3) is 4.04. The second-order valence-electron chi connectivity index (χ2n) is 5.91. The van der Waals surface area contributed by atoms with Crippen LogP contribution in [0, 0.1) is 5.92 Å². The summed E-state index contributed by atoms with van der Waals surface area (Å²) in [5.41, 5.74) is 0.124. The molecule has 0 aromatic carbocycles. The minimum absolute atomic E-state index is 0.124. The maximum atomic E-state index is 9.03. The van der Waals surface area contributed by atoms with Gasteiger partial charge in [-0.05, 0) is 66.2 Å². The van der Waals surface area contributed by atoms with E-state index in [0.29, 0.717) is 0 Å². The molecule has 3 nitrogen and oxygen atoms in total. The van der Waals surface area contributed by atoms with Crippen LogP contribution in [-0.2, 0) is 0 Å². The summed E-state index contributed by atoms with van der Waals surface area (Å²) in [4.78, 5) is 4.81. The molecule has 0 aliphatic carbocycles. The van der Waals surface area contributed by atoms with Gasteiger partial charge in [-0.3, -0.25) is 0 Å². The van der Waals surface area contributed by atoms with E-state index in [-0.39, 0.29) is 12.1 Å². The molecule has 1 fully saturated rings. The Hall–Kier alpha value is -0.120. The highest BCUT2D eigenvalue weighted by atomic mass is 16.3. The van der Waals surface area contributed by atoms with Crippen LogP contribution in [0.15, 0.2) is 0 Å². The van der Waals surface area contributed by atoms with Crippen LogP contribution in [0.1, 0.15) is 33.1 Å². The van der Waals surface area contributed by atoms with Crippen molar-refractivity contribution in [3.8, 4) is 0 Å². The summed E-state index contributed by atoms with van der Waals surface area (Å²) < 4.78 is 0. The highest BCUT2D eigenvalue weighted by Crippen LogP contribution is 2.21. The molecule has 1 N–H and O–H groups in total. The molecule has 1 heterocycles. The highest BCUT2D eigenvalue weighted by Gasteiger charge is 2.25. The smallest absolute Gasteiger partial charge is 0.0448 e. The number of aliphatic hydroxyl groups excluding tert-OH is 1. The van der Waals surface area contributed by atoms with Gasteiger partial charge in [0.05, 0.1) is 0 Å². The Labute approximate surface area is 100 Å². The van der Waals surface area contributed by atoms with E-state index in [4.69, 9.17) is 5.11 Å². The lowest BCUT2D eigenvalue weighted by atomic mass is 9.97. The number of rotatable bonds is 6. The van der Waals surface area contributed by atoms with Crippen LogP contribution in [-0.4, -0.2) is 60.8 Å². The first-order valence-corrected chi connectivity index (χ1v) is 6.46. The van der Waals surface area contributed by atoms with Crippen LogP contribution in [0.4, 0.5) is 0 Å². The Kier molecular flexibility index (Phi) is 5.22. The first-order valence-electron chi connectivity index (χ1n) is 6.46. The summed E-state index contributed by atoms with van der Waals surface area (Å²) in [5.74, 6) is 0.873. The van der Waals surface area contributed by atoms with Crippen LogP contribution in [0.5, 0.6) is 0 Å². The van der Waals surface area contributed by atoms with Gasteiger partial charge in [0, 0.05) is 18.7 Å². The van der Waals surface area contributed by atoms with Gasteiger partial charge in [0.2, 0.25) is 0 Å². The second kappa shape index (κ2) is 5.99. The maximum absolute atomic E-state index is 9.03. The standard InChI is InChI=1S/C13H28N2O/c1-13(2,7-10-16)15(4)9-6-12-5-8-14(3)11-12/h12,16H,5-11H2,1-4H3. The lowest BCUT2D eigenvalue weighted by Gasteiger charge is -2.35. The Morgan fingerprint density at radius 2 is 2.12 bits per heavy atom. The summed E-state index contributed by atoms with van der Waals surface area (Å²) in [6.07, 6.45) is 3.49. The van der Waals surface area contributed by atoms with Crippen molar-refractivity contribution >= 4 is 0 Å². The predicted octanol–water partition coefficient (Wildman–Crippen LogP) is 1.42. The number of aliphatic hydroxyl groups is 1. The molecule has 96 valence electrons. The Morgan fingerprint density at radius 1 is 1.44 bits per heavy atom. The third-order valence-corrected chi connectivity index (χ3v) is 4.12. The Bertz CT molecular complexity index is 206. The molecule has 1 atom stereocenters. The van der Waals surface area contributed by atoms with E-state index >= 15 is 0 Å². The highest BCUT2D eigenvalue weighted by molar-refractivity contribution is 4.81.